The van der Waals surface area contributed by atoms with Gasteiger partial charge < -0.3 is 23.9 Å². The number of hydrogen-bond acceptors (Lipinski definition) is 7. The summed E-state index contributed by atoms with van der Waals surface area (Å²) in [7, 11) is -3.54. The largest absolute Gasteiger partial charge is 0.755 e. The lowest BCUT2D eigenvalue weighted by atomic mass is 10.1. The van der Waals surface area contributed by atoms with Crippen LogP contribution in [0.5, 0.6) is 5.75 Å². The van der Waals surface area contributed by atoms with E-state index in [0.29, 0.717) is 24.5 Å². The Labute approximate surface area is 199 Å². The van der Waals surface area contributed by atoms with Gasteiger partial charge in [-0.25, -0.2) is 13.2 Å². The van der Waals surface area contributed by atoms with Crippen molar-refractivity contribution in [3.63, 3.8) is 0 Å². The Morgan fingerprint density at radius 2 is 1.79 bits per heavy atom. The maximum absolute atomic E-state index is 11.8. The molecule has 0 amide bonds. The fraction of sp³-hybridized carbons (Fsp3) is 0.227. The van der Waals surface area contributed by atoms with Crippen LogP contribution in [0.1, 0.15) is 10.4 Å². The van der Waals surface area contributed by atoms with Crippen LogP contribution in [0, 0.1) is 0 Å². The van der Waals surface area contributed by atoms with Crippen molar-refractivity contribution >= 4 is 38.4 Å². The molecule has 1 aliphatic rings. The zero-order valence-electron chi connectivity index (χ0n) is 18.1. The predicted octanol–water partition coefficient (Wildman–Crippen LogP) is 2.05. The highest BCUT2D eigenvalue weighted by molar-refractivity contribution is 7.92. The molecule has 2 aromatic carbocycles. The predicted molar refractivity (Wildman–Crippen MR) is 127 cm³/mol. The maximum atomic E-state index is 11.8. The fourth-order valence-corrected chi connectivity index (χ4v) is 5.51. The van der Waals surface area contributed by atoms with Gasteiger partial charge in [0.1, 0.15) is 17.7 Å². The van der Waals surface area contributed by atoms with Gasteiger partial charge in [0.15, 0.2) is 9.84 Å². The van der Waals surface area contributed by atoms with Crippen molar-refractivity contribution < 1.29 is 31.8 Å². The van der Waals surface area contributed by atoms with Crippen LogP contribution >= 0.6 is 0 Å². The van der Waals surface area contributed by atoms with Crippen molar-refractivity contribution in [3.8, 4) is 11.4 Å². The second kappa shape index (κ2) is 9.49. The molecule has 4 rings (SSSR count). The van der Waals surface area contributed by atoms with Gasteiger partial charge in [-0.05, 0) is 48.5 Å². The number of nitrogens with zero attached hydrogens (tertiary/aromatic N) is 3. The molecule has 34 heavy (non-hydrogen) atoms. The van der Waals surface area contributed by atoms with Crippen LogP contribution in [0.3, 0.4) is 0 Å². The molecule has 3 aromatic rings. The molecule has 1 saturated heterocycles. The number of aromatic nitrogens is 1. The number of carbonyl (C=O) groups is 1. The van der Waals surface area contributed by atoms with E-state index in [1.54, 1.807) is 41.2 Å². The first kappa shape index (κ1) is 23.8. The number of anilines is 2. The third kappa shape index (κ3) is 5.24. The van der Waals surface area contributed by atoms with Gasteiger partial charge in [0.2, 0.25) is 0 Å². The third-order valence-electron chi connectivity index (χ3n) is 5.26. The number of sulfone groups is 1. The zero-order valence-corrected chi connectivity index (χ0v) is 19.7. The highest BCUT2D eigenvalue weighted by Crippen LogP contribution is 2.33. The average Bonchev–Trinajstić information content (AvgIpc) is 3.28. The number of carboxylic acid groups (broad SMARTS) is 1. The van der Waals surface area contributed by atoms with Crippen LogP contribution in [0.2, 0.25) is 0 Å². The van der Waals surface area contributed by atoms with Crippen LogP contribution in [0.4, 0.5) is 11.4 Å². The molecule has 1 fully saturated rings. The number of para-hydroxylation sites is 1. The van der Waals surface area contributed by atoms with Crippen molar-refractivity contribution in [2.24, 2.45) is 0 Å². The molecule has 0 spiro atoms. The summed E-state index contributed by atoms with van der Waals surface area (Å²) in [6, 6.07) is 14.9. The Morgan fingerprint density at radius 3 is 2.35 bits per heavy atom. The molecule has 1 N–H and O–H groups in total. The maximum Gasteiger partial charge on any atom is 0.337 e. The van der Waals surface area contributed by atoms with Crippen LogP contribution in [-0.4, -0.2) is 64.1 Å². The van der Waals surface area contributed by atoms with Gasteiger partial charge in [0.25, 0.3) is 0 Å². The number of carboxylic acids is 1. The molecular weight excluding hydrogens is 482 g/mol. The summed E-state index contributed by atoms with van der Waals surface area (Å²) in [4.78, 5) is 13.8. The average molecular weight is 505 g/mol. The Morgan fingerprint density at radius 1 is 1.15 bits per heavy atom. The minimum Gasteiger partial charge on any atom is -0.755 e. The van der Waals surface area contributed by atoms with Gasteiger partial charge in [-0.2, -0.15) is 0 Å². The first-order valence-electron chi connectivity index (χ1n) is 10.2. The van der Waals surface area contributed by atoms with Crippen molar-refractivity contribution in [2.45, 2.75) is 6.10 Å². The van der Waals surface area contributed by atoms with Crippen LogP contribution in [0.15, 0.2) is 67.0 Å². The Bertz CT molecular complexity index is 1300. The van der Waals surface area contributed by atoms with Crippen LogP contribution in [0.25, 0.3) is 5.69 Å². The SMILES string of the molecule is CS(=O)(=O)CN(c1ccc(OC2CN(c3cccc(C(=O)O)c3-n3cccc3)C2)cc1)S(=O)[O-]. The summed E-state index contributed by atoms with van der Waals surface area (Å²) in [6.45, 7) is 1.06. The van der Waals surface area contributed by atoms with E-state index < -0.39 is 32.9 Å². The molecule has 0 aliphatic carbocycles. The van der Waals surface area contributed by atoms with Gasteiger partial charge in [-0.1, -0.05) is 6.07 Å². The zero-order chi connectivity index (χ0) is 24.5. The van der Waals surface area contributed by atoms with Crippen molar-refractivity contribution in [1.82, 2.24) is 4.57 Å². The molecule has 1 unspecified atom stereocenters. The number of aromatic carboxylic acids is 1. The number of benzene rings is 2. The van der Waals surface area contributed by atoms with Crippen LogP contribution in [-0.2, 0) is 21.1 Å². The van der Waals surface area contributed by atoms with E-state index in [0.717, 1.165) is 16.2 Å². The molecule has 0 radical (unpaired) electrons. The highest BCUT2D eigenvalue weighted by atomic mass is 32.2. The first-order chi connectivity index (χ1) is 16.1. The van der Waals surface area contributed by atoms with Gasteiger partial charge in [0, 0.05) is 35.6 Å². The van der Waals surface area contributed by atoms with Crippen molar-refractivity contribution in [3.05, 3.63) is 72.6 Å². The monoisotopic (exact) mass is 504 g/mol. The van der Waals surface area contributed by atoms with E-state index in [4.69, 9.17) is 4.74 Å². The normalized spacial score (nSPS) is 14.9. The topological polar surface area (TPSA) is 132 Å². The molecule has 12 heteroatoms. The second-order valence-electron chi connectivity index (χ2n) is 7.86. The summed E-state index contributed by atoms with van der Waals surface area (Å²) in [5.74, 6) is -1.16. The lowest BCUT2D eigenvalue weighted by Crippen LogP contribution is -2.54. The fourth-order valence-electron chi connectivity index (χ4n) is 3.72. The van der Waals surface area contributed by atoms with Crippen molar-refractivity contribution in [2.75, 3.05) is 34.4 Å². The molecule has 0 bridgehead atoms. The molecule has 1 aliphatic heterocycles. The van der Waals surface area contributed by atoms with E-state index in [1.165, 1.54) is 12.1 Å². The minimum atomic E-state index is -3.54. The molecule has 0 saturated carbocycles. The molecule has 180 valence electrons. The lowest BCUT2D eigenvalue weighted by molar-refractivity contribution is 0.0697. The first-order valence-corrected chi connectivity index (χ1v) is 13.3. The van der Waals surface area contributed by atoms with E-state index in [1.807, 2.05) is 23.1 Å². The number of ether oxygens (including phenoxy) is 1. The Kier molecular flexibility index (Phi) is 6.64. The van der Waals surface area contributed by atoms with Gasteiger partial charge in [0.05, 0.1) is 30.0 Å². The van der Waals surface area contributed by atoms with Crippen LogP contribution < -0.4 is 13.9 Å². The van der Waals surface area contributed by atoms with E-state index in [9.17, 15) is 27.1 Å². The summed E-state index contributed by atoms with van der Waals surface area (Å²) in [6.07, 6.45) is 4.39. The molecule has 1 aromatic heterocycles. The molecule has 2 heterocycles. The van der Waals surface area contributed by atoms with E-state index >= 15 is 0 Å². The molecule has 1 atom stereocenters. The summed E-state index contributed by atoms with van der Waals surface area (Å²) in [5, 5.41) is 9.63. The smallest absolute Gasteiger partial charge is 0.337 e. The number of rotatable bonds is 9. The summed E-state index contributed by atoms with van der Waals surface area (Å²) in [5.41, 5.74) is 1.77. The van der Waals surface area contributed by atoms with Gasteiger partial charge in [-0.3, -0.25) is 8.51 Å². The van der Waals surface area contributed by atoms with Crippen molar-refractivity contribution in [1.29, 1.82) is 0 Å². The highest BCUT2D eigenvalue weighted by Gasteiger charge is 2.31. The molecule has 10 nitrogen and oxygen atoms in total. The van der Waals surface area contributed by atoms with E-state index in [2.05, 4.69) is 0 Å². The Balaban J connectivity index is 1.45. The molecular formula is C22H22N3O7S2-. The minimum absolute atomic E-state index is 0.155. The third-order valence-corrected chi connectivity index (χ3v) is 6.85. The second-order valence-corrected chi connectivity index (χ2v) is 10.8. The quantitative estimate of drug-likeness (QED) is 0.438. The summed E-state index contributed by atoms with van der Waals surface area (Å²) < 4.78 is 54.3. The summed E-state index contributed by atoms with van der Waals surface area (Å²) >= 11 is -2.74. The van der Waals surface area contributed by atoms with Gasteiger partial charge >= 0.3 is 5.97 Å². The van der Waals surface area contributed by atoms with E-state index in [-0.39, 0.29) is 17.4 Å². The lowest BCUT2D eigenvalue weighted by Gasteiger charge is -2.41. The standard InChI is InChI=1S/C22H23N3O7S2/c1-34(30,31)15-25(33(28)29)16-7-9-17(10-8-16)32-18-13-24(14-18)20-6-4-5-19(22(26)27)21(20)23-11-2-3-12-23/h2-12,18H,13-15H2,1H3,(H,26,27)(H,28,29)/p-1. The number of hydrogen-bond donors (Lipinski definition) is 1. The van der Waals surface area contributed by atoms with Gasteiger partial charge in [-0.15, -0.1) is 0 Å². The Hall–Kier alpha value is -3.35.